The number of rotatable bonds is 16. The van der Waals surface area contributed by atoms with Crippen LogP contribution in [0.5, 0.6) is 0 Å². The van der Waals surface area contributed by atoms with Crippen LogP contribution in [-0.4, -0.2) is 70.9 Å². The first-order valence-electron chi connectivity index (χ1n) is 11.7. The minimum Gasteiger partial charge on any atom is -0.480 e. The number of nitrogens with one attached hydrogen (secondary N) is 3. The molecular weight excluding hydrogens is 486 g/mol. The highest BCUT2D eigenvalue weighted by molar-refractivity contribution is 7.98. The number of aliphatic carboxylic acids is 1. The summed E-state index contributed by atoms with van der Waals surface area (Å²) >= 11 is 1.52. The van der Waals surface area contributed by atoms with Crippen LogP contribution in [0.3, 0.4) is 0 Å². The molecule has 11 nitrogen and oxygen atoms in total. The van der Waals surface area contributed by atoms with E-state index in [9.17, 15) is 29.1 Å². The van der Waals surface area contributed by atoms with E-state index in [1.54, 1.807) is 44.2 Å². The van der Waals surface area contributed by atoms with E-state index in [2.05, 4.69) is 16.0 Å². The first-order valence-corrected chi connectivity index (χ1v) is 13.1. The van der Waals surface area contributed by atoms with E-state index < -0.39 is 59.7 Å². The van der Waals surface area contributed by atoms with E-state index in [4.69, 9.17) is 11.5 Å². The third kappa shape index (κ3) is 11.1. The molecule has 0 aliphatic carbocycles. The molecule has 0 aliphatic rings. The molecule has 1 aromatic carbocycles. The van der Waals surface area contributed by atoms with E-state index in [-0.39, 0.29) is 19.3 Å². The van der Waals surface area contributed by atoms with Gasteiger partial charge in [0.2, 0.25) is 23.6 Å². The molecule has 200 valence electrons. The van der Waals surface area contributed by atoms with Crippen molar-refractivity contribution in [3.05, 3.63) is 35.9 Å². The van der Waals surface area contributed by atoms with Gasteiger partial charge in [0.1, 0.15) is 18.1 Å². The van der Waals surface area contributed by atoms with Crippen molar-refractivity contribution in [2.45, 2.75) is 63.7 Å². The number of thioether (sulfide) groups is 1. The second-order valence-corrected chi connectivity index (χ2v) is 9.76. The Labute approximate surface area is 215 Å². The van der Waals surface area contributed by atoms with Gasteiger partial charge in [-0.15, -0.1) is 0 Å². The molecule has 1 rings (SSSR count). The van der Waals surface area contributed by atoms with Gasteiger partial charge in [0.05, 0.1) is 6.04 Å². The summed E-state index contributed by atoms with van der Waals surface area (Å²) in [5, 5.41) is 17.1. The van der Waals surface area contributed by atoms with Gasteiger partial charge in [-0.2, -0.15) is 11.8 Å². The minimum atomic E-state index is -1.20. The third-order valence-electron chi connectivity index (χ3n) is 5.43. The predicted octanol–water partition coefficient (Wildman–Crippen LogP) is -0.230. The molecule has 0 aromatic heterocycles. The van der Waals surface area contributed by atoms with Crippen molar-refractivity contribution in [2.24, 2.45) is 17.4 Å². The van der Waals surface area contributed by atoms with Gasteiger partial charge < -0.3 is 32.5 Å². The molecule has 4 atom stereocenters. The predicted molar refractivity (Wildman–Crippen MR) is 138 cm³/mol. The molecule has 8 N–H and O–H groups in total. The van der Waals surface area contributed by atoms with E-state index in [1.165, 1.54) is 11.8 Å². The van der Waals surface area contributed by atoms with Gasteiger partial charge in [-0.25, -0.2) is 4.79 Å². The fourth-order valence-electron chi connectivity index (χ4n) is 3.31. The lowest BCUT2D eigenvalue weighted by Gasteiger charge is -2.26. The van der Waals surface area contributed by atoms with Crippen molar-refractivity contribution < 1.29 is 29.1 Å². The Morgan fingerprint density at radius 3 is 2.03 bits per heavy atom. The summed E-state index contributed by atoms with van der Waals surface area (Å²) < 4.78 is 0. The van der Waals surface area contributed by atoms with Crippen LogP contribution in [0.2, 0.25) is 0 Å². The maximum Gasteiger partial charge on any atom is 0.326 e. The number of carboxylic acids is 1. The number of hydrogen-bond donors (Lipinski definition) is 6. The van der Waals surface area contributed by atoms with Crippen molar-refractivity contribution >= 4 is 41.4 Å². The molecule has 0 saturated carbocycles. The highest BCUT2D eigenvalue weighted by Gasteiger charge is 2.31. The van der Waals surface area contributed by atoms with Gasteiger partial charge >= 0.3 is 5.97 Å². The second kappa shape index (κ2) is 15.8. The molecular formula is C24H37N5O6S. The standard InChI is InChI=1S/C24H37N5O6S/c1-14(2)20(24(34)35)29-23(33)18(13-15-7-5-4-6-8-15)28-22(32)17(9-10-19(26)30)27-21(31)16(25)11-12-36-3/h4-8,14,16-18,20H,9-13,25H2,1-3H3,(H2,26,30)(H,27,31)(H,28,32)(H,29,33)(H,34,35). The van der Waals surface area contributed by atoms with Crippen LogP contribution >= 0.6 is 11.8 Å². The topological polar surface area (TPSA) is 194 Å². The van der Waals surface area contributed by atoms with Gasteiger partial charge in [0, 0.05) is 12.8 Å². The fourth-order valence-corrected chi connectivity index (χ4v) is 3.80. The van der Waals surface area contributed by atoms with Crippen LogP contribution in [-0.2, 0) is 30.4 Å². The summed E-state index contributed by atoms with van der Waals surface area (Å²) in [6.07, 6.45) is 2.07. The average molecular weight is 524 g/mol. The molecule has 0 fully saturated rings. The summed E-state index contributed by atoms with van der Waals surface area (Å²) in [5.74, 6) is -3.58. The number of primary amides is 1. The van der Waals surface area contributed by atoms with Crippen molar-refractivity contribution in [3.8, 4) is 0 Å². The SMILES string of the molecule is CSCCC(N)C(=O)NC(CCC(N)=O)C(=O)NC(Cc1ccccc1)C(=O)NC(C(=O)O)C(C)C. The van der Waals surface area contributed by atoms with Crippen LogP contribution in [0, 0.1) is 5.92 Å². The molecule has 36 heavy (non-hydrogen) atoms. The number of nitrogens with two attached hydrogens (primary N) is 2. The first kappa shape index (κ1) is 30.9. The smallest absolute Gasteiger partial charge is 0.326 e. The molecule has 1 aromatic rings. The van der Waals surface area contributed by atoms with Crippen molar-refractivity contribution in [2.75, 3.05) is 12.0 Å². The zero-order chi connectivity index (χ0) is 27.3. The van der Waals surface area contributed by atoms with E-state index in [1.807, 2.05) is 6.26 Å². The Bertz CT molecular complexity index is 898. The Morgan fingerprint density at radius 1 is 0.917 bits per heavy atom. The monoisotopic (exact) mass is 523 g/mol. The normalized spacial score (nSPS) is 14.2. The van der Waals surface area contributed by atoms with Crippen molar-refractivity contribution in [1.82, 2.24) is 16.0 Å². The Balaban J connectivity index is 3.11. The molecule has 0 heterocycles. The Kier molecular flexibility index (Phi) is 13.6. The molecule has 0 bridgehead atoms. The summed E-state index contributed by atoms with van der Waals surface area (Å²) in [6, 6.07) is 4.54. The zero-order valence-electron chi connectivity index (χ0n) is 20.9. The lowest BCUT2D eigenvalue weighted by atomic mass is 10.0. The number of carboxylic acid groups (broad SMARTS) is 1. The van der Waals surface area contributed by atoms with E-state index in [0.717, 1.165) is 5.56 Å². The number of amides is 4. The minimum absolute atomic E-state index is 0.0760. The van der Waals surface area contributed by atoms with Crippen LogP contribution < -0.4 is 27.4 Å². The van der Waals surface area contributed by atoms with Crippen LogP contribution in [0.15, 0.2) is 30.3 Å². The molecule has 0 radical (unpaired) electrons. The van der Waals surface area contributed by atoms with Crippen LogP contribution in [0.1, 0.15) is 38.7 Å². The van der Waals surface area contributed by atoms with Crippen molar-refractivity contribution in [3.63, 3.8) is 0 Å². The van der Waals surface area contributed by atoms with Gasteiger partial charge in [0.15, 0.2) is 0 Å². The van der Waals surface area contributed by atoms with Crippen LogP contribution in [0.4, 0.5) is 0 Å². The maximum absolute atomic E-state index is 13.2. The van der Waals surface area contributed by atoms with Crippen molar-refractivity contribution in [1.29, 1.82) is 0 Å². The zero-order valence-corrected chi connectivity index (χ0v) is 21.7. The molecule has 4 unspecified atom stereocenters. The fraction of sp³-hybridized carbons (Fsp3) is 0.542. The summed E-state index contributed by atoms with van der Waals surface area (Å²) in [6.45, 7) is 3.30. The molecule has 0 aliphatic heterocycles. The third-order valence-corrected chi connectivity index (χ3v) is 6.07. The highest BCUT2D eigenvalue weighted by Crippen LogP contribution is 2.08. The summed E-state index contributed by atoms with van der Waals surface area (Å²) in [7, 11) is 0. The number of hydrogen-bond acceptors (Lipinski definition) is 7. The van der Waals surface area contributed by atoms with Gasteiger partial charge in [-0.1, -0.05) is 44.2 Å². The van der Waals surface area contributed by atoms with Gasteiger partial charge in [-0.3, -0.25) is 19.2 Å². The molecule has 0 spiro atoms. The highest BCUT2D eigenvalue weighted by atomic mass is 32.2. The molecule has 12 heteroatoms. The number of carbonyl (C=O) groups is 5. The summed E-state index contributed by atoms with van der Waals surface area (Å²) in [5.41, 5.74) is 11.9. The van der Waals surface area contributed by atoms with Gasteiger partial charge in [0.25, 0.3) is 0 Å². The maximum atomic E-state index is 13.2. The quantitative estimate of drug-likeness (QED) is 0.171. The second-order valence-electron chi connectivity index (χ2n) is 8.77. The van der Waals surface area contributed by atoms with E-state index >= 15 is 0 Å². The van der Waals surface area contributed by atoms with Crippen LogP contribution in [0.25, 0.3) is 0 Å². The number of benzene rings is 1. The number of carbonyl (C=O) groups excluding carboxylic acids is 4. The summed E-state index contributed by atoms with van der Waals surface area (Å²) in [4.78, 5) is 61.7. The molecule has 0 saturated heterocycles. The van der Waals surface area contributed by atoms with Gasteiger partial charge in [-0.05, 0) is 36.3 Å². The molecule has 4 amide bonds. The largest absolute Gasteiger partial charge is 0.480 e. The Morgan fingerprint density at radius 2 is 1.50 bits per heavy atom. The average Bonchev–Trinajstić information content (AvgIpc) is 2.82. The lowest BCUT2D eigenvalue weighted by molar-refractivity contribution is -0.143. The first-order chi connectivity index (χ1) is 17.0. The van der Waals surface area contributed by atoms with E-state index in [0.29, 0.717) is 12.2 Å². The Hall–Kier alpha value is -3.12. The lowest BCUT2D eigenvalue weighted by Crippen LogP contribution is -2.58.